The molecule has 2 N–H and O–H groups in total. The van der Waals surface area contributed by atoms with Crippen LogP contribution in [0.25, 0.3) is 90.9 Å². The molecule has 2 aliphatic heterocycles. The third-order valence-corrected chi connectivity index (χ3v) is 10.7. The van der Waals surface area contributed by atoms with Gasteiger partial charge in [0.15, 0.2) is 0 Å². The molecule has 7 aromatic rings. The predicted molar refractivity (Wildman–Crippen MR) is 227 cm³/mol. The minimum absolute atomic E-state index is 0.903. The molecule has 53 heavy (non-hydrogen) atoms. The van der Waals surface area contributed by atoms with Crippen molar-refractivity contribution < 1.29 is 0 Å². The smallest absolute Gasteiger partial charge is 0.0737 e. The largest absolute Gasteiger partial charge is 0.354 e. The first-order valence-electron chi connectivity index (χ1n) is 17.9. The zero-order chi connectivity index (χ0) is 36.2. The molecule has 0 saturated carbocycles. The Kier molecular flexibility index (Phi) is 8.17. The fourth-order valence-electron chi connectivity index (χ4n) is 7.47. The highest BCUT2D eigenvalue weighted by Crippen LogP contribution is 2.39. The van der Waals surface area contributed by atoms with E-state index in [1.807, 2.05) is 0 Å². The fraction of sp³-hybridized carbons (Fsp3) is 0.0833. The first-order valence-corrected chi connectivity index (χ1v) is 18.7. The minimum Gasteiger partial charge on any atom is -0.354 e. The molecule has 256 valence electrons. The number of aromatic amines is 2. The van der Waals surface area contributed by atoms with Gasteiger partial charge in [0.05, 0.1) is 22.8 Å². The lowest BCUT2D eigenvalue weighted by molar-refractivity contribution is 1.30. The molecule has 0 unspecified atom stereocenters. The normalized spacial score (nSPS) is 12.1. The maximum atomic E-state index is 5.44. The summed E-state index contributed by atoms with van der Waals surface area (Å²) in [5.41, 5.74) is 21.0. The molecule has 2 aliphatic rings. The van der Waals surface area contributed by atoms with E-state index >= 15 is 0 Å². The number of aryl methyl sites for hydroxylation is 4. The van der Waals surface area contributed by atoms with E-state index < -0.39 is 0 Å². The summed E-state index contributed by atoms with van der Waals surface area (Å²) in [5.74, 6) is 0. The molecule has 5 heterocycles. The van der Waals surface area contributed by atoms with E-state index in [4.69, 9.17) is 9.97 Å². The summed E-state index contributed by atoms with van der Waals surface area (Å²) in [6.07, 6.45) is 8.61. The maximum Gasteiger partial charge on any atom is 0.0737 e. The molecule has 9 rings (SSSR count). The summed E-state index contributed by atoms with van der Waals surface area (Å²) >= 11 is 3.69. The quantitative estimate of drug-likeness (QED) is 0.188. The Morgan fingerprint density at radius 3 is 1.09 bits per heavy atom. The Hall–Kier alpha value is -6.04. The molecular formula is C48H37BrN4. The van der Waals surface area contributed by atoms with E-state index in [-0.39, 0.29) is 0 Å². The third-order valence-electron chi connectivity index (χ3n) is 10.2. The van der Waals surface area contributed by atoms with E-state index in [0.29, 0.717) is 0 Å². The minimum atomic E-state index is 0.903. The number of nitrogens with zero attached hydrogens (tertiary/aromatic N) is 2. The lowest BCUT2D eigenvalue weighted by atomic mass is 9.99. The van der Waals surface area contributed by atoms with Gasteiger partial charge in [0, 0.05) is 48.8 Å². The van der Waals surface area contributed by atoms with E-state index in [0.717, 1.165) is 99.4 Å². The van der Waals surface area contributed by atoms with Crippen molar-refractivity contribution in [2.45, 2.75) is 27.7 Å². The average molecular weight is 750 g/mol. The number of fused-ring (bicyclic) bond motifs is 8. The van der Waals surface area contributed by atoms with Gasteiger partial charge < -0.3 is 9.97 Å². The van der Waals surface area contributed by atoms with Crippen molar-refractivity contribution in [1.29, 1.82) is 0 Å². The van der Waals surface area contributed by atoms with Crippen molar-refractivity contribution in [3.05, 3.63) is 165 Å². The SMILES string of the molecule is Cc1ccc(-c2c3nc(c(-c4ccc(C)cc4)c4ccc([nH]4)c(-c4ccc(Br)cc4C)c4nc(c(-c5ccc(C)cc5)c5ccc2[nH]5)C=C4)C=C3)cc1. The van der Waals surface area contributed by atoms with Gasteiger partial charge in [-0.2, -0.15) is 0 Å². The Labute approximate surface area is 317 Å². The van der Waals surface area contributed by atoms with Crippen molar-refractivity contribution in [2.24, 2.45) is 0 Å². The lowest BCUT2D eigenvalue weighted by Crippen LogP contribution is -1.91. The van der Waals surface area contributed by atoms with Gasteiger partial charge in [-0.1, -0.05) is 111 Å². The number of benzene rings is 4. The third kappa shape index (κ3) is 6.07. The van der Waals surface area contributed by atoms with Crippen LogP contribution in [0.3, 0.4) is 0 Å². The molecule has 0 radical (unpaired) electrons. The van der Waals surface area contributed by atoms with E-state index in [2.05, 4.69) is 193 Å². The van der Waals surface area contributed by atoms with E-state index in [1.54, 1.807) is 0 Å². The second-order valence-corrected chi connectivity index (χ2v) is 15.0. The zero-order valence-electron chi connectivity index (χ0n) is 30.1. The van der Waals surface area contributed by atoms with Crippen LogP contribution >= 0.6 is 15.9 Å². The summed E-state index contributed by atoms with van der Waals surface area (Å²) in [6.45, 7) is 8.52. The highest BCUT2D eigenvalue weighted by Gasteiger charge is 2.19. The Bertz CT molecular complexity index is 2750. The Morgan fingerprint density at radius 1 is 0.396 bits per heavy atom. The van der Waals surface area contributed by atoms with Gasteiger partial charge >= 0.3 is 0 Å². The number of hydrogen-bond donors (Lipinski definition) is 2. The summed E-state index contributed by atoms with van der Waals surface area (Å²) in [5, 5.41) is 0. The number of halogens is 1. The van der Waals surface area contributed by atoms with Crippen molar-refractivity contribution in [2.75, 3.05) is 0 Å². The average Bonchev–Trinajstić information content (AvgIpc) is 3.99. The van der Waals surface area contributed by atoms with Crippen LogP contribution < -0.4 is 0 Å². The van der Waals surface area contributed by atoms with Crippen molar-refractivity contribution in [3.8, 4) is 44.5 Å². The molecule has 4 nitrogen and oxygen atoms in total. The molecule has 0 saturated heterocycles. The number of aromatic nitrogens is 4. The summed E-state index contributed by atoms with van der Waals surface area (Å²) in [7, 11) is 0. The molecular weight excluding hydrogens is 712 g/mol. The summed E-state index contributed by atoms with van der Waals surface area (Å²) in [4.78, 5) is 18.6. The second kappa shape index (κ2) is 13.2. The van der Waals surface area contributed by atoms with E-state index in [1.165, 1.54) is 16.7 Å². The topological polar surface area (TPSA) is 57.4 Å². The Morgan fingerprint density at radius 2 is 0.736 bits per heavy atom. The van der Waals surface area contributed by atoms with Crippen LogP contribution in [0.5, 0.6) is 0 Å². The predicted octanol–water partition coefficient (Wildman–Crippen LogP) is 13.3. The zero-order valence-corrected chi connectivity index (χ0v) is 31.6. The molecule has 0 amide bonds. The number of H-pyrrole nitrogens is 2. The molecule has 0 spiro atoms. The van der Waals surface area contributed by atoms with Crippen LogP contribution in [0, 0.1) is 27.7 Å². The molecule has 0 aliphatic carbocycles. The van der Waals surface area contributed by atoms with Gasteiger partial charge in [-0.3, -0.25) is 0 Å². The fourth-order valence-corrected chi connectivity index (χ4v) is 7.94. The maximum absolute atomic E-state index is 5.44. The van der Waals surface area contributed by atoms with Gasteiger partial charge in [-0.25, -0.2) is 9.97 Å². The van der Waals surface area contributed by atoms with Gasteiger partial charge in [-0.05, 0) is 116 Å². The van der Waals surface area contributed by atoms with Crippen LogP contribution in [-0.2, 0) is 0 Å². The number of nitrogens with one attached hydrogen (secondary N) is 2. The molecule has 0 fully saturated rings. The molecule has 5 heteroatoms. The standard InChI is InChI=1S/C48H37BrN4/c1-28-5-11-32(12-6-28)45-37-19-21-39(50-37)46(33-13-7-29(2)8-14-33)41-23-25-43(52-41)48(36-18-17-35(49)27-31(36)4)44-26-24-42(53-44)47(40-22-20-38(45)51-40)34-15-9-30(3)10-16-34/h5-27,50,53H,1-4H3. The van der Waals surface area contributed by atoms with Crippen LogP contribution in [0.2, 0.25) is 0 Å². The number of rotatable bonds is 4. The van der Waals surface area contributed by atoms with Crippen LogP contribution in [0.1, 0.15) is 45.0 Å². The lowest BCUT2D eigenvalue weighted by Gasteiger charge is -2.09. The first kappa shape index (κ1) is 32.8. The molecule has 8 bridgehead atoms. The van der Waals surface area contributed by atoms with Gasteiger partial charge in [0.1, 0.15) is 0 Å². The summed E-state index contributed by atoms with van der Waals surface area (Å²) in [6, 6.07) is 41.3. The number of hydrogen-bond acceptors (Lipinski definition) is 2. The van der Waals surface area contributed by atoms with Crippen molar-refractivity contribution >= 4 is 62.3 Å². The molecule has 0 atom stereocenters. The molecule has 4 aromatic carbocycles. The molecule has 3 aromatic heterocycles. The highest BCUT2D eigenvalue weighted by molar-refractivity contribution is 9.10. The van der Waals surface area contributed by atoms with E-state index in [9.17, 15) is 0 Å². The van der Waals surface area contributed by atoms with Gasteiger partial charge in [-0.15, -0.1) is 0 Å². The van der Waals surface area contributed by atoms with Crippen molar-refractivity contribution in [3.63, 3.8) is 0 Å². The first-order chi connectivity index (χ1) is 25.8. The highest BCUT2D eigenvalue weighted by atomic mass is 79.9. The van der Waals surface area contributed by atoms with Gasteiger partial charge in [0.2, 0.25) is 0 Å². The van der Waals surface area contributed by atoms with Crippen LogP contribution in [-0.4, -0.2) is 19.9 Å². The van der Waals surface area contributed by atoms with Crippen molar-refractivity contribution in [1.82, 2.24) is 19.9 Å². The van der Waals surface area contributed by atoms with Crippen LogP contribution in [0.4, 0.5) is 0 Å². The summed E-state index contributed by atoms with van der Waals surface area (Å²) < 4.78 is 1.04. The van der Waals surface area contributed by atoms with Gasteiger partial charge in [0.25, 0.3) is 0 Å². The monoisotopic (exact) mass is 748 g/mol. The second-order valence-electron chi connectivity index (χ2n) is 14.1. The van der Waals surface area contributed by atoms with Crippen LogP contribution in [0.15, 0.2) is 120 Å². The Balaban J connectivity index is 1.48.